The van der Waals surface area contributed by atoms with Gasteiger partial charge in [-0.2, -0.15) is 0 Å². The highest BCUT2D eigenvalue weighted by molar-refractivity contribution is 7.14. The summed E-state index contributed by atoms with van der Waals surface area (Å²) in [5.41, 5.74) is 6.07. The summed E-state index contributed by atoms with van der Waals surface area (Å²) >= 11 is 1.48. The Bertz CT molecular complexity index is 1740. The van der Waals surface area contributed by atoms with E-state index in [1.165, 1.54) is 11.3 Å². The predicted octanol–water partition coefficient (Wildman–Crippen LogP) is 7.33. The number of hydrogen-bond acceptors (Lipinski definition) is 8. The molecule has 0 saturated carbocycles. The van der Waals surface area contributed by atoms with Crippen molar-refractivity contribution in [3.05, 3.63) is 113 Å². The van der Waals surface area contributed by atoms with E-state index >= 15 is 0 Å². The Morgan fingerprint density at radius 1 is 0.837 bits per heavy atom. The maximum Gasteiger partial charge on any atom is 0.338 e. The number of ether oxygens (including phenoxy) is 1. The molecule has 0 aliphatic rings. The van der Waals surface area contributed by atoms with E-state index in [4.69, 9.17) is 4.74 Å². The Kier molecular flexibility index (Phi) is 9.03. The number of carbonyl (C=O) groups is 3. The zero-order valence-corrected chi connectivity index (χ0v) is 24.2. The van der Waals surface area contributed by atoms with E-state index < -0.39 is 12.0 Å². The molecule has 43 heavy (non-hydrogen) atoms. The largest absolute Gasteiger partial charge is 0.462 e. The van der Waals surface area contributed by atoms with Gasteiger partial charge in [-0.1, -0.05) is 6.07 Å². The molecule has 5 aromatic rings. The van der Waals surface area contributed by atoms with Crippen molar-refractivity contribution in [3.63, 3.8) is 0 Å². The summed E-state index contributed by atoms with van der Waals surface area (Å²) in [4.78, 5) is 45.9. The second-order valence-electron chi connectivity index (χ2n) is 9.34. The number of urea groups is 1. The Labute approximate surface area is 252 Å². The van der Waals surface area contributed by atoms with Crippen LogP contribution in [0.5, 0.6) is 0 Å². The van der Waals surface area contributed by atoms with Crippen LogP contribution in [0.4, 0.5) is 32.7 Å². The van der Waals surface area contributed by atoms with Crippen molar-refractivity contribution in [2.75, 3.05) is 27.9 Å². The zero-order valence-electron chi connectivity index (χ0n) is 23.4. The smallest absolute Gasteiger partial charge is 0.338 e. The van der Waals surface area contributed by atoms with Crippen LogP contribution in [0.15, 0.2) is 96.6 Å². The molecular weight excluding hydrogens is 564 g/mol. The van der Waals surface area contributed by atoms with Crippen LogP contribution in [-0.2, 0) is 4.74 Å². The van der Waals surface area contributed by atoms with Crippen LogP contribution in [0.1, 0.15) is 33.2 Å². The number of esters is 1. The molecule has 0 saturated heterocycles. The lowest BCUT2D eigenvalue weighted by atomic mass is 10.1. The normalized spacial score (nSPS) is 10.5. The molecule has 11 heteroatoms. The van der Waals surface area contributed by atoms with Crippen LogP contribution < -0.4 is 21.3 Å². The molecule has 0 aliphatic heterocycles. The first kappa shape index (κ1) is 29.0. The van der Waals surface area contributed by atoms with E-state index in [1.807, 2.05) is 42.6 Å². The maximum atomic E-state index is 12.9. The van der Waals surface area contributed by atoms with E-state index in [0.717, 1.165) is 27.6 Å². The first-order valence-electron chi connectivity index (χ1n) is 13.4. The van der Waals surface area contributed by atoms with Gasteiger partial charge in [-0.3, -0.25) is 9.78 Å². The Balaban J connectivity index is 1.16. The Hall–Kier alpha value is -5.55. The average Bonchev–Trinajstić information content (AvgIpc) is 3.48. The second-order valence-corrected chi connectivity index (χ2v) is 10.2. The van der Waals surface area contributed by atoms with Crippen molar-refractivity contribution in [2.24, 2.45) is 0 Å². The number of aryl methyl sites for hydroxylation is 1. The number of thiazole rings is 1. The van der Waals surface area contributed by atoms with Gasteiger partial charge < -0.3 is 26.0 Å². The van der Waals surface area contributed by atoms with Crippen molar-refractivity contribution in [1.29, 1.82) is 0 Å². The van der Waals surface area contributed by atoms with Gasteiger partial charge in [-0.05, 0) is 92.2 Å². The zero-order chi connectivity index (χ0) is 30.2. The molecule has 0 aliphatic carbocycles. The summed E-state index contributed by atoms with van der Waals surface area (Å²) in [7, 11) is 0. The van der Waals surface area contributed by atoms with Gasteiger partial charge in [-0.25, -0.2) is 14.6 Å². The first-order valence-corrected chi connectivity index (χ1v) is 14.3. The maximum absolute atomic E-state index is 12.9. The number of nitrogens with one attached hydrogen (secondary N) is 4. The fourth-order valence-corrected chi connectivity index (χ4v) is 4.77. The van der Waals surface area contributed by atoms with Crippen LogP contribution in [-0.4, -0.2) is 34.5 Å². The van der Waals surface area contributed by atoms with E-state index in [9.17, 15) is 14.4 Å². The molecular formula is C32H28N6O4S. The number of benzene rings is 3. The molecule has 5 rings (SSSR count). The number of amides is 3. The van der Waals surface area contributed by atoms with Crippen molar-refractivity contribution in [2.45, 2.75) is 13.8 Å². The molecule has 4 N–H and O–H groups in total. The lowest BCUT2D eigenvalue weighted by Crippen LogP contribution is -2.19. The standard InChI is InChI=1S/C32H28N6O4S/c1-3-42-30(40)22-9-14-25(15-10-22)36-31(41)35-24-12-7-21(8-13-24)29(39)34-26-11-6-20(2)27(17-26)37-32-38-28(19-43-32)23-5-4-16-33-18-23/h4-19H,3H2,1-2H3,(H,34,39)(H,37,38)(H2,35,36,41). The molecule has 2 heterocycles. The molecule has 216 valence electrons. The van der Waals surface area contributed by atoms with Crippen LogP contribution in [0.3, 0.4) is 0 Å². The molecule has 0 fully saturated rings. The molecule has 0 spiro atoms. The number of nitrogens with zero attached hydrogens (tertiary/aromatic N) is 2. The third-order valence-electron chi connectivity index (χ3n) is 6.26. The molecule has 2 aromatic heterocycles. The van der Waals surface area contributed by atoms with Gasteiger partial charge in [-0.15, -0.1) is 11.3 Å². The average molecular weight is 593 g/mol. The number of carbonyl (C=O) groups excluding carboxylic acids is 3. The second kappa shape index (κ2) is 13.4. The van der Waals surface area contributed by atoms with E-state index in [0.29, 0.717) is 28.2 Å². The van der Waals surface area contributed by atoms with Crippen LogP contribution in [0.25, 0.3) is 11.3 Å². The van der Waals surface area contributed by atoms with Crippen molar-refractivity contribution >= 4 is 57.1 Å². The molecule has 3 aromatic carbocycles. The van der Waals surface area contributed by atoms with Gasteiger partial charge in [0.05, 0.1) is 17.9 Å². The molecule has 10 nitrogen and oxygen atoms in total. The molecule has 0 atom stereocenters. The van der Waals surface area contributed by atoms with Gasteiger partial charge in [0.15, 0.2) is 5.13 Å². The van der Waals surface area contributed by atoms with Crippen LogP contribution >= 0.6 is 11.3 Å². The first-order chi connectivity index (χ1) is 20.9. The molecule has 0 bridgehead atoms. The van der Waals surface area contributed by atoms with Gasteiger partial charge in [0.25, 0.3) is 5.91 Å². The minimum Gasteiger partial charge on any atom is -0.462 e. The minimum atomic E-state index is -0.464. The van der Waals surface area contributed by atoms with Crippen molar-refractivity contribution in [3.8, 4) is 11.3 Å². The monoisotopic (exact) mass is 592 g/mol. The van der Waals surface area contributed by atoms with Gasteiger partial charge in [0, 0.05) is 51.7 Å². The molecule has 0 unspecified atom stereocenters. The lowest BCUT2D eigenvalue weighted by Gasteiger charge is -2.12. The Morgan fingerprint density at radius 2 is 1.51 bits per heavy atom. The topological polar surface area (TPSA) is 134 Å². The van der Waals surface area contributed by atoms with E-state index in [1.54, 1.807) is 67.8 Å². The fourth-order valence-electron chi connectivity index (χ4n) is 4.03. The number of anilines is 5. The SMILES string of the molecule is CCOC(=O)c1ccc(NC(=O)Nc2ccc(C(=O)Nc3ccc(C)c(Nc4nc(-c5cccnc5)cs4)c3)cc2)cc1. The summed E-state index contributed by atoms with van der Waals surface area (Å²) in [6, 6.07) is 21.9. The Morgan fingerprint density at radius 3 is 2.16 bits per heavy atom. The number of hydrogen-bond donors (Lipinski definition) is 4. The highest BCUT2D eigenvalue weighted by Crippen LogP contribution is 2.29. The highest BCUT2D eigenvalue weighted by Gasteiger charge is 2.11. The number of rotatable bonds is 9. The van der Waals surface area contributed by atoms with Gasteiger partial charge in [0.1, 0.15) is 0 Å². The van der Waals surface area contributed by atoms with Gasteiger partial charge >= 0.3 is 12.0 Å². The van der Waals surface area contributed by atoms with Crippen LogP contribution in [0.2, 0.25) is 0 Å². The van der Waals surface area contributed by atoms with E-state index in [2.05, 4.69) is 31.2 Å². The molecule has 0 radical (unpaired) electrons. The van der Waals surface area contributed by atoms with Gasteiger partial charge in [0.2, 0.25) is 0 Å². The predicted molar refractivity (Wildman–Crippen MR) is 169 cm³/mol. The summed E-state index contributed by atoms with van der Waals surface area (Å²) in [5.74, 6) is -0.714. The summed E-state index contributed by atoms with van der Waals surface area (Å²) in [6.07, 6.45) is 3.49. The van der Waals surface area contributed by atoms with E-state index in [-0.39, 0.29) is 12.5 Å². The third-order valence-corrected chi connectivity index (χ3v) is 7.02. The van der Waals surface area contributed by atoms with Crippen molar-refractivity contribution < 1.29 is 19.1 Å². The fraction of sp³-hybridized carbons (Fsp3) is 0.0938. The minimum absolute atomic E-state index is 0.287. The van der Waals surface area contributed by atoms with Crippen LogP contribution in [0, 0.1) is 6.92 Å². The summed E-state index contributed by atoms with van der Waals surface area (Å²) in [5, 5.41) is 14.4. The number of pyridine rings is 1. The third kappa shape index (κ3) is 7.60. The quantitative estimate of drug-likeness (QED) is 0.132. The molecule has 3 amide bonds. The van der Waals surface area contributed by atoms with Crippen molar-refractivity contribution in [1.82, 2.24) is 9.97 Å². The summed E-state index contributed by atoms with van der Waals surface area (Å²) < 4.78 is 4.96. The lowest BCUT2D eigenvalue weighted by molar-refractivity contribution is 0.0526. The summed E-state index contributed by atoms with van der Waals surface area (Å²) in [6.45, 7) is 4.00. The highest BCUT2D eigenvalue weighted by atomic mass is 32.1. The number of aromatic nitrogens is 2.